The van der Waals surface area contributed by atoms with Crippen LogP contribution in [0.2, 0.25) is 0 Å². The van der Waals surface area contributed by atoms with E-state index < -0.39 is 0 Å². The van der Waals surface area contributed by atoms with Gasteiger partial charge < -0.3 is 14.6 Å². The van der Waals surface area contributed by atoms with E-state index in [1.807, 2.05) is 24.3 Å². The van der Waals surface area contributed by atoms with Crippen LogP contribution in [0.1, 0.15) is 40.6 Å². The van der Waals surface area contributed by atoms with Crippen LogP contribution in [0.4, 0.5) is 0 Å². The first-order valence-electron chi connectivity index (χ1n) is 6.87. The Bertz CT molecular complexity index is 640. The molecule has 0 radical (unpaired) electrons. The largest absolute Gasteiger partial charge is 0.485 e. The Morgan fingerprint density at radius 3 is 2.95 bits per heavy atom. The molecule has 2 unspecified atom stereocenters. The predicted molar refractivity (Wildman–Crippen MR) is 75.3 cm³/mol. The molecule has 1 aliphatic carbocycles. The number of thiazole rings is 1. The van der Waals surface area contributed by atoms with Crippen LogP contribution in [-0.4, -0.2) is 16.7 Å². The summed E-state index contributed by atoms with van der Waals surface area (Å²) in [6, 6.07) is 7.67. The number of aryl methyl sites for hydroxylation is 1. The van der Waals surface area contributed by atoms with Crippen LogP contribution in [-0.2, 0) is 6.42 Å². The van der Waals surface area contributed by atoms with Gasteiger partial charge in [0.15, 0.2) is 17.6 Å². The fourth-order valence-electron chi connectivity index (χ4n) is 2.69. The Labute approximate surface area is 121 Å². The van der Waals surface area contributed by atoms with Gasteiger partial charge in [0.1, 0.15) is 11.6 Å². The van der Waals surface area contributed by atoms with Crippen molar-refractivity contribution in [2.24, 2.45) is 0 Å². The molecule has 1 aromatic heterocycles. The molecule has 2 aliphatic rings. The van der Waals surface area contributed by atoms with Crippen molar-refractivity contribution in [3.8, 4) is 11.5 Å². The molecular formula is C15H15NO3S. The molecule has 20 heavy (non-hydrogen) atoms. The van der Waals surface area contributed by atoms with Gasteiger partial charge in [-0.2, -0.15) is 0 Å². The summed E-state index contributed by atoms with van der Waals surface area (Å²) in [4.78, 5) is 5.66. The van der Waals surface area contributed by atoms with Crippen LogP contribution in [0, 0.1) is 0 Å². The third-order valence-corrected chi connectivity index (χ3v) is 5.01. The lowest BCUT2D eigenvalue weighted by molar-refractivity contribution is 0.0910. The first kappa shape index (κ1) is 12.2. The summed E-state index contributed by atoms with van der Waals surface area (Å²) in [5, 5.41) is 10.9. The highest BCUT2D eigenvalue weighted by atomic mass is 32.1. The van der Waals surface area contributed by atoms with Gasteiger partial charge in [-0.3, -0.25) is 0 Å². The fraction of sp³-hybridized carbons (Fsp3) is 0.400. The van der Waals surface area contributed by atoms with Gasteiger partial charge in [0.2, 0.25) is 0 Å². The number of rotatable bonds is 1. The summed E-state index contributed by atoms with van der Waals surface area (Å²) in [5.41, 5.74) is 1.03. The maximum atomic E-state index is 10.0. The van der Waals surface area contributed by atoms with Gasteiger partial charge in [0.05, 0.1) is 16.7 Å². The molecule has 4 rings (SSSR count). The summed E-state index contributed by atoms with van der Waals surface area (Å²) < 4.78 is 11.7. The van der Waals surface area contributed by atoms with E-state index in [9.17, 15) is 5.11 Å². The molecule has 0 bridgehead atoms. The number of benzene rings is 1. The molecule has 0 spiro atoms. The summed E-state index contributed by atoms with van der Waals surface area (Å²) >= 11 is 1.56. The van der Waals surface area contributed by atoms with E-state index in [1.54, 1.807) is 11.3 Å². The lowest BCUT2D eigenvalue weighted by atomic mass is 10.0. The van der Waals surface area contributed by atoms with Crippen molar-refractivity contribution in [2.45, 2.75) is 31.5 Å². The fourth-order valence-corrected chi connectivity index (χ4v) is 3.84. The number of para-hydroxylation sites is 2. The van der Waals surface area contributed by atoms with E-state index in [-0.39, 0.29) is 12.2 Å². The van der Waals surface area contributed by atoms with Gasteiger partial charge in [-0.05, 0) is 31.4 Å². The number of hydrogen-bond acceptors (Lipinski definition) is 5. The van der Waals surface area contributed by atoms with Crippen molar-refractivity contribution in [2.75, 3.05) is 6.61 Å². The zero-order valence-electron chi connectivity index (χ0n) is 10.9. The zero-order valence-corrected chi connectivity index (χ0v) is 11.7. The molecule has 1 aromatic carbocycles. The molecule has 0 saturated carbocycles. The third-order valence-electron chi connectivity index (χ3n) is 3.72. The minimum Gasteiger partial charge on any atom is -0.485 e. The normalized spacial score (nSPS) is 24.2. The van der Waals surface area contributed by atoms with Gasteiger partial charge in [-0.25, -0.2) is 4.98 Å². The van der Waals surface area contributed by atoms with Crippen molar-refractivity contribution in [1.29, 1.82) is 0 Å². The Morgan fingerprint density at radius 1 is 1.25 bits per heavy atom. The monoisotopic (exact) mass is 289 g/mol. The topological polar surface area (TPSA) is 51.6 Å². The lowest BCUT2D eigenvalue weighted by Crippen LogP contribution is -2.21. The molecule has 0 amide bonds. The van der Waals surface area contributed by atoms with Crippen molar-refractivity contribution < 1.29 is 14.6 Å². The van der Waals surface area contributed by atoms with Crippen molar-refractivity contribution in [1.82, 2.24) is 4.98 Å². The second-order valence-electron chi connectivity index (χ2n) is 5.14. The number of aliphatic hydroxyl groups excluding tert-OH is 1. The van der Waals surface area contributed by atoms with Crippen molar-refractivity contribution in [3.63, 3.8) is 0 Å². The van der Waals surface area contributed by atoms with E-state index in [0.29, 0.717) is 6.61 Å². The number of nitrogens with zero attached hydrogens (tertiary/aromatic N) is 1. The number of aromatic nitrogens is 1. The van der Waals surface area contributed by atoms with Crippen LogP contribution in [0.5, 0.6) is 11.5 Å². The second kappa shape index (κ2) is 4.75. The maximum Gasteiger partial charge on any atom is 0.184 e. The van der Waals surface area contributed by atoms with Gasteiger partial charge >= 0.3 is 0 Å². The molecule has 104 valence electrons. The van der Waals surface area contributed by atoms with Crippen LogP contribution in [0.25, 0.3) is 0 Å². The van der Waals surface area contributed by atoms with Gasteiger partial charge in [0, 0.05) is 0 Å². The zero-order chi connectivity index (χ0) is 13.5. The molecule has 5 heteroatoms. The summed E-state index contributed by atoms with van der Waals surface area (Å²) in [7, 11) is 0. The Hall–Kier alpha value is -1.59. The smallest absolute Gasteiger partial charge is 0.184 e. The Balaban J connectivity index is 1.63. The highest BCUT2D eigenvalue weighted by Crippen LogP contribution is 2.40. The quantitative estimate of drug-likeness (QED) is 0.876. The van der Waals surface area contributed by atoms with E-state index in [1.165, 1.54) is 0 Å². The lowest BCUT2D eigenvalue weighted by Gasteiger charge is -2.24. The molecule has 2 atom stereocenters. The van der Waals surface area contributed by atoms with Gasteiger partial charge in [-0.15, -0.1) is 11.3 Å². The molecular weight excluding hydrogens is 274 g/mol. The minimum atomic E-state index is -0.359. The third kappa shape index (κ3) is 1.98. The average molecular weight is 289 g/mol. The van der Waals surface area contributed by atoms with Crippen LogP contribution >= 0.6 is 11.3 Å². The Morgan fingerprint density at radius 2 is 2.10 bits per heavy atom. The number of aliphatic hydroxyl groups is 1. The van der Waals surface area contributed by atoms with Crippen molar-refractivity contribution >= 4 is 11.3 Å². The summed E-state index contributed by atoms with van der Waals surface area (Å²) in [5.74, 6) is 1.54. The summed E-state index contributed by atoms with van der Waals surface area (Å²) in [6.45, 7) is 0.472. The van der Waals surface area contributed by atoms with E-state index in [2.05, 4.69) is 4.98 Å². The number of fused-ring (bicyclic) bond motifs is 2. The molecule has 1 aliphatic heterocycles. The van der Waals surface area contributed by atoms with Gasteiger partial charge in [0.25, 0.3) is 0 Å². The van der Waals surface area contributed by atoms with E-state index >= 15 is 0 Å². The van der Waals surface area contributed by atoms with Gasteiger partial charge in [-0.1, -0.05) is 12.1 Å². The highest BCUT2D eigenvalue weighted by molar-refractivity contribution is 7.11. The SMILES string of the molecule is OC1CCCc2nc(C3COc4ccccc4O3)sc21. The first-order chi connectivity index (χ1) is 9.81. The molecule has 2 heterocycles. The number of hydrogen-bond donors (Lipinski definition) is 1. The average Bonchev–Trinajstić information content (AvgIpc) is 2.92. The Kier molecular flexibility index (Phi) is 2.89. The van der Waals surface area contributed by atoms with E-state index in [4.69, 9.17) is 9.47 Å². The number of ether oxygens (including phenoxy) is 2. The first-order valence-corrected chi connectivity index (χ1v) is 7.69. The molecule has 1 N–H and O–H groups in total. The maximum absolute atomic E-state index is 10.0. The predicted octanol–water partition coefficient (Wildman–Crippen LogP) is 3.03. The standard InChI is InChI=1S/C15H15NO3S/c17-10-5-3-4-9-14(10)20-15(16-9)13-8-18-11-6-1-2-7-12(11)19-13/h1-2,6-7,10,13,17H,3-5,8H2. The van der Waals surface area contributed by atoms with Crippen LogP contribution in [0.3, 0.4) is 0 Å². The molecule has 4 nitrogen and oxygen atoms in total. The summed E-state index contributed by atoms with van der Waals surface area (Å²) in [6.07, 6.45) is 2.25. The van der Waals surface area contributed by atoms with Crippen molar-refractivity contribution in [3.05, 3.63) is 39.8 Å². The van der Waals surface area contributed by atoms with Crippen LogP contribution < -0.4 is 9.47 Å². The molecule has 0 saturated heterocycles. The molecule has 2 aromatic rings. The van der Waals surface area contributed by atoms with E-state index in [0.717, 1.165) is 46.3 Å². The second-order valence-corrected chi connectivity index (χ2v) is 6.20. The van der Waals surface area contributed by atoms with Crippen LogP contribution in [0.15, 0.2) is 24.3 Å². The highest BCUT2D eigenvalue weighted by Gasteiger charge is 2.29. The molecule has 0 fully saturated rings. The minimum absolute atomic E-state index is 0.173.